The van der Waals surface area contributed by atoms with Crippen molar-refractivity contribution in [1.29, 1.82) is 0 Å². The van der Waals surface area contributed by atoms with Gasteiger partial charge in [0.2, 0.25) is 5.95 Å². The van der Waals surface area contributed by atoms with Crippen LogP contribution < -0.4 is 16.7 Å². The molecule has 9 heteroatoms. The molecule has 2 heterocycles. The Morgan fingerprint density at radius 2 is 2.04 bits per heavy atom. The Labute approximate surface area is 172 Å². The molecule has 0 aliphatic heterocycles. The molecule has 0 saturated heterocycles. The van der Waals surface area contributed by atoms with Crippen molar-refractivity contribution in [2.45, 2.75) is 38.3 Å². The van der Waals surface area contributed by atoms with Crippen LogP contribution in [0.1, 0.15) is 31.2 Å². The van der Waals surface area contributed by atoms with Gasteiger partial charge in [0.1, 0.15) is 5.52 Å². The van der Waals surface area contributed by atoms with Crippen molar-refractivity contribution in [2.75, 3.05) is 11.9 Å². The highest BCUT2D eigenvalue weighted by Crippen LogP contribution is 2.24. The van der Waals surface area contributed by atoms with Crippen molar-refractivity contribution in [3.05, 3.63) is 50.5 Å². The average Bonchev–Trinajstić information content (AvgIpc) is 2.99. The minimum Gasteiger partial charge on any atom is -0.354 e. The van der Waals surface area contributed by atoms with Gasteiger partial charge in [-0.15, -0.1) is 0 Å². The van der Waals surface area contributed by atoms with Gasteiger partial charge < -0.3 is 16.0 Å². The van der Waals surface area contributed by atoms with Gasteiger partial charge in [0.15, 0.2) is 5.65 Å². The lowest BCUT2D eigenvalue weighted by atomic mass is 9.86. The van der Waals surface area contributed by atoms with Crippen LogP contribution in [0.15, 0.2) is 29.2 Å². The quantitative estimate of drug-likeness (QED) is 0.586. The van der Waals surface area contributed by atoms with Gasteiger partial charge in [0, 0.05) is 22.6 Å². The first-order valence-electron chi connectivity index (χ1n) is 9.38. The van der Waals surface area contributed by atoms with E-state index in [1.54, 1.807) is 29.0 Å². The molecule has 0 bridgehead atoms. The standard InChI is InChI=1S/C19H22Cl2N6O/c20-13-3-6-15(21)12(7-13)10-27-17-16(25-19(27)28)9-24-18(26-17)23-8-11-1-4-14(22)5-2-11/h3,6-7,9,11,14H,1-2,4-5,8,10,22H2,(H,25,28)(H,23,24,26). The topological polar surface area (TPSA) is 102 Å². The third kappa shape index (κ3) is 4.16. The zero-order valence-corrected chi connectivity index (χ0v) is 16.8. The summed E-state index contributed by atoms with van der Waals surface area (Å²) in [6.45, 7) is 1.07. The molecule has 0 radical (unpaired) electrons. The van der Waals surface area contributed by atoms with Crippen molar-refractivity contribution in [2.24, 2.45) is 11.7 Å². The highest BCUT2D eigenvalue weighted by Gasteiger charge is 2.19. The summed E-state index contributed by atoms with van der Waals surface area (Å²) in [7, 11) is 0. The monoisotopic (exact) mass is 420 g/mol. The zero-order valence-electron chi connectivity index (χ0n) is 15.3. The Bertz CT molecular complexity index is 1040. The zero-order chi connectivity index (χ0) is 19.7. The largest absolute Gasteiger partial charge is 0.354 e. The Kier molecular flexibility index (Phi) is 5.57. The van der Waals surface area contributed by atoms with E-state index in [9.17, 15) is 4.79 Å². The second kappa shape index (κ2) is 8.11. The molecule has 148 valence electrons. The molecule has 7 nitrogen and oxygen atoms in total. The van der Waals surface area contributed by atoms with E-state index < -0.39 is 0 Å². The summed E-state index contributed by atoms with van der Waals surface area (Å²) < 4.78 is 1.54. The summed E-state index contributed by atoms with van der Waals surface area (Å²) in [5.41, 5.74) is 7.57. The molecular weight excluding hydrogens is 399 g/mol. The maximum absolute atomic E-state index is 12.4. The van der Waals surface area contributed by atoms with Crippen LogP contribution in [0.25, 0.3) is 11.2 Å². The summed E-state index contributed by atoms with van der Waals surface area (Å²) in [5, 5.41) is 4.42. The Morgan fingerprint density at radius 1 is 1.25 bits per heavy atom. The number of rotatable bonds is 5. The molecule has 4 N–H and O–H groups in total. The molecule has 1 fully saturated rings. The number of benzene rings is 1. The summed E-state index contributed by atoms with van der Waals surface area (Å²) in [4.78, 5) is 24.1. The molecule has 3 aromatic rings. The van der Waals surface area contributed by atoms with Crippen molar-refractivity contribution in [1.82, 2.24) is 19.5 Å². The maximum atomic E-state index is 12.4. The number of imidazole rings is 1. The molecule has 1 aliphatic carbocycles. The number of nitrogens with one attached hydrogen (secondary N) is 2. The van der Waals surface area contributed by atoms with Gasteiger partial charge >= 0.3 is 5.69 Å². The maximum Gasteiger partial charge on any atom is 0.328 e. The lowest BCUT2D eigenvalue weighted by molar-refractivity contribution is 0.338. The summed E-state index contributed by atoms with van der Waals surface area (Å²) in [6.07, 6.45) is 5.96. The Morgan fingerprint density at radius 3 is 2.82 bits per heavy atom. The number of aromatic nitrogens is 4. The van der Waals surface area contributed by atoms with Crippen LogP contribution in [-0.4, -0.2) is 32.1 Å². The Balaban J connectivity index is 1.56. The molecule has 2 aromatic heterocycles. The highest BCUT2D eigenvalue weighted by molar-refractivity contribution is 6.33. The van der Waals surface area contributed by atoms with Gasteiger partial charge in [-0.2, -0.15) is 4.98 Å². The smallest absolute Gasteiger partial charge is 0.328 e. The molecule has 0 unspecified atom stereocenters. The minimum absolute atomic E-state index is 0.265. The van der Waals surface area contributed by atoms with Crippen molar-refractivity contribution >= 4 is 40.3 Å². The lowest BCUT2D eigenvalue weighted by Crippen LogP contribution is -2.29. The highest BCUT2D eigenvalue weighted by atomic mass is 35.5. The van der Waals surface area contributed by atoms with Crippen LogP contribution in [0.4, 0.5) is 5.95 Å². The molecular formula is C19H22Cl2N6O. The van der Waals surface area contributed by atoms with Crippen LogP contribution in [0.2, 0.25) is 10.0 Å². The van der Waals surface area contributed by atoms with E-state index in [4.69, 9.17) is 28.9 Å². The van der Waals surface area contributed by atoms with E-state index in [0.717, 1.165) is 37.8 Å². The molecule has 28 heavy (non-hydrogen) atoms. The number of halogens is 2. The van der Waals surface area contributed by atoms with E-state index in [0.29, 0.717) is 39.1 Å². The Hall–Kier alpha value is -2.09. The first kappa shape index (κ1) is 19.2. The fourth-order valence-corrected chi connectivity index (χ4v) is 4.01. The first-order valence-corrected chi connectivity index (χ1v) is 10.1. The number of H-pyrrole nitrogens is 1. The van der Waals surface area contributed by atoms with Gasteiger partial charge in [-0.3, -0.25) is 4.57 Å². The third-order valence-corrected chi connectivity index (χ3v) is 5.89. The van der Waals surface area contributed by atoms with E-state index in [2.05, 4.69) is 20.3 Å². The van der Waals surface area contributed by atoms with Gasteiger partial charge in [-0.05, 0) is 55.4 Å². The van der Waals surface area contributed by atoms with E-state index in [1.165, 1.54) is 0 Å². The van der Waals surface area contributed by atoms with Crippen molar-refractivity contribution in [3.63, 3.8) is 0 Å². The fraction of sp³-hybridized carbons (Fsp3) is 0.421. The molecule has 0 spiro atoms. The predicted molar refractivity (Wildman–Crippen MR) is 112 cm³/mol. The van der Waals surface area contributed by atoms with Crippen LogP contribution >= 0.6 is 23.2 Å². The van der Waals surface area contributed by atoms with Crippen molar-refractivity contribution in [3.8, 4) is 0 Å². The molecule has 0 amide bonds. The number of hydrogen-bond acceptors (Lipinski definition) is 5. The molecule has 1 aliphatic rings. The molecule has 4 rings (SSSR count). The first-order chi connectivity index (χ1) is 13.5. The second-order valence-electron chi connectivity index (χ2n) is 7.34. The van der Waals surface area contributed by atoms with E-state index >= 15 is 0 Å². The van der Waals surface area contributed by atoms with Crippen LogP contribution in [-0.2, 0) is 6.54 Å². The molecule has 1 saturated carbocycles. The third-order valence-electron chi connectivity index (χ3n) is 5.29. The molecule has 0 atom stereocenters. The number of nitrogens with zero attached hydrogens (tertiary/aromatic N) is 3. The van der Waals surface area contributed by atoms with E-state index in [1.807, 2.05) is 0 Å². The fourth-order valence-electron chi connectivity index (χ4n) is 3.64. The SMILES string of the molecule is NC1CCC(CNc2ncc3[nH]c(=O)n(Cc4cc(Cl)ccc4Cl)c3n2)CC1. The average molecular weight is 421 g/mol. The second-order valence-corrected chi connectivity index (χ2v) is 8.19. The van der Waals surface area contributed by atoms with Gasteiger partial charge in [-0.25, -0.2) is 9.78 Å². The summed E-state index contributed by atoms with van der Waals surface area (Å²) in [6, 6.07) is 5.52. The van der Waals surface area contributed by atoms with Crippen LogP contribution in [0.3, 0.4) is 0 Å². The summed E-state index contributed by atoms with van der Waals surface area (Å²) >= 11 is 12.3. The number of anilines is 1. The van der Waals surface area contributed by atoms with Crippen LogP contribution in [0, 0.1) is 5.92 Å². The van der Waals surface area contributed by atoms with Gasteiger partial charge in [0.25, 0.3) is 0 Å². The number of aromatic amines is 1. The number of hydrogen-bond donors (Lipinski definition) is 3. The van der Waals surface area contributed by atoms with E-state index in [-0.39, 0.29) is 12.2 Å². The van der Waals surface area contributed by atoms with Gasteiger partial charge in [-0.1, -0.05) is 23.2 Å². The number of fused-ring (bicyclic) bond motifs is 1. The van der Waals surface area contributed by atoms with Crippen molar-refractivity contribution < 1.29 is 0 Å². The number of nitrogens with two attached hydrogens (primary N) is 1. The predicted octanol–water partition coefficient (Wildman–Crippen LogP) is 3.40. The lowest BCUT2D eigenvalue weighted by Gasteiger charge is -2.26. The summed E-state index contributed by atoms with van der Waals surface area (Å²) in [5.74, 6) is 1.07. The molecule has 1 aromatic carbocycles. The van der Waals surface area contributed by atoms with Crippen LogP contribution in [0.5, 0.6) is 0 Å². The van der Waals surface area contributed by atoms with Gasteiger partial charge in [0.05, 0.1) is 12.7 Å². The normalized spacial score (nSPS) is 19.8. The minimum atomic E-state index is -0.265.